The van der Waals surface area contributed by atoms with Gasteiger partial charge in [0.15, 0.2) is 0 Å². The zero-order valence-corrected chi connectivity index (χ0v) is 10.0. The third-order valence-corrected chi connectivity index (χ3v) is 2.79. The molecule has 3 nitrogen and oxygen atoms in total. The van der Waals surface area contributed by atoms with E-state index < -0.39 is 0 Å². The Bertz CT molecular complexity index is 241. The fraction of sp³-hybridized carbons (Fsp3) is 0.667. The van der Waals surface area contributed by atoms with Crippen LogP contribution in [0.25, 0.3) is 0 Å². The number of aromatic amines is 1. The maximum atomic E-state index is 3.48. The van der Waals surface area contributed by atoms with Crippen LogP contribution in [-0.2, 0) is 6.54 Å². The van der Waals surface area contributed by atoms with Gasteiger partial charge < -0.3 is 15.6 Å². The summed E-state index contributed by atoms with van der Waals surface area (Å²) in [4.78, 5) is 3.19. The first-order valence-electron chi connectivity index (χ1n) is 5.71. The summed E-state index contributed by atoms with van der Waals surface area (Å²) < 4.78 is 0. The smallest absolute Gasteiger partial charge is 0.0357 e. The van der Waals surface area contributed by atoms with Crippen molar-refractivity contribution in [2.24, 2.45) is 11.8 Å². The van der Waals surface area contributed by atoms with Crippen molar-refractivity contribution in [1.82, 2.24) is 15.6 Å². The van der Waals surface area contributed by atoms with Crippen LogP contribution in [0.4, 0.5) is 0 Å². The second kappa shape index (κ2) is 6.64. The summed E-state index contributed by atoms with van der Waals surface area (Å²) in [5.41, 5.74) is 1.25. The van der Waals surface area contributed by atoms with Crippen molar-refractivity contribution in [3.63, 3.8) is 0 Å². The first-order chi connectivity index (χ1) is 7.24. The molecule has 0 spiro atoms. The second-order valence-electron chi connectivity index (χ2n) is 4.39. The highest BCUT2D eigenvalue weighted by Crippen LogP contribution is 2.08. The molecule has 1 atom stereocenters. The molecule has 1 aromatic heterocycles. The summed E-state index contributed by atoms with van der Waals surface area (Å²) in [5, 5.41) is 6.73. The Kier molecular flexibility index (Phi) is 5.43. The fourth-order valence-corrected chi connectivity index (χ4v) is 1.68. The topological polar surface area (TPSA) is 39.8 Å². The number of H-pyrrole nitrogens is 1. The molecule has 15 heavy (non-hydrogen) atoms. The zero-order valence-electron chi connectivity index (χ0n) is 10.0. The zero-order chi connectivity index (χ0) is 11.1. The normalized spacial score (nSPS) is 13.3. The molecule has 0 aliphatic carbocycles. The van der Waals surface area contributed by atoms with Gasteiger partial charge in [-0.15, -0.1) is 0 Å². The number of hydrogen-bond acceptors (Lipinski definition) is 2. The predicted molar refractivity (Wildman–Crippen MR) is 64.8 cm³/mol. The lowest BCUT2D eigenvalue weighted by Gasteiger charge is -2.20. The highest BCUT2D eigenvalue weighted by atomic mass is 14.9. The van der Waals surface area contributed by atoms with Crippen LogP contribution < -0.4 is 10.6 Å². The van der Waals surface area contributed by atoms with Gasteiger partial charge in [0, 0.05) is 18.4 Å². The monoisotopic (exact) mass is 209 g/mol. The van der Waals surface area contributed by atoms with Gasteiger partial charge in [-0.1, -0.05) is 13.8 Å². The quantitative estimate of drug-likeness (QED) is 0.638. The number of hydrogen-bond donors (Lipinski definition) is 3. The molecule has 86 valence electrons. The second-order valence-corrected chi connectivity index (χ2v) is 4.39. The Morgan fingerprint density at radius 2 is 2.13 bits per heavy atom. The van der Waals surface area contributed by atoms with Crippen LogP contribution in [-0.4, -0.2) is 25.1 Å². The van der Waals surface area contributed by atoms with E-state index in [0.29, 0.717) is 11.8 Å². The van der Waals surface area contributed by atoms with Gasteiger partial charge >= 0.3 is 0 Å². The molecule has 0 fully saturated rings. The van der Waals surface area contributed by atoms with Crippen molar-refractivity contribution in [2.45, 2.75) is 20.4 Å². The standard InChI is InChI=1S/C12H23N3/c1-10(2)11(7-13-3)8-14-9-12-5-4-6-15-12/h4-6,10-11,13-15H,7-9H2,1-3H3. The fourth-order valence-electron chi connectivity index (χ4n) is 1.68. The van der Waals surface area contributed by atoms with Crippen molar-refractivity contribution in [2.75, 3.05) is 20.1 Å². The van der Waals surface area contributed by atoms with E-state index in [1.807, 2.05) is 19.3 Å². The molecule has 1 aromatic rings. The third-order valence-electron chi connectivity index (χ3n) is 2.79. The summed E-state index contributed by atoms with van der Waals surface area (Å²) in [6, 6.07) is 4.14. The molecule has 1 heterocycles. The molecule has 0 saturated heterocycles. The predicted octanol–water partition coefficient (Wildman–Crippen LogP) is 1.60. The van der Waals surface area contributed by atoms with Crippen molar-refractivity contribution < 1.29 is 0 Å². The van der Waals surface area contributed by atoms with E-state index in [0.717, 1.165) is 19.6 Å². The van der Waals surface area contributed by atoms with Crippen LogP contribution in [0.3, 0.4) is 0 Å². The Morgan fingerprint density at radius 1 is 1.33 bits per heavy atom. The first kappa shape index (κ1) is 12.3. The van der Waals surface area contributed by atoms with Gasteiger partial charge in [-0.05, 0) is 44.1 Å². The van der Waals surface area contributed by atoms with E-state index in [1.54, 1.807) is 0 Å². The third kappa shape index (κ3) is 4.49. The molecular weight excluding hydrogens is 186 g/mol. The number of rotatable bonds is 7. The van der Waals surface area contributed by atoms with Crippen molar-refractivity contribution in [3.05, 3.63) is 24.0 Å². The van der Waals surface area contributed by atoms with Gasteiger partial charge in [-0.2, -0.15) is 0 Å². The van der Waals surface area contributed by atoms with E-state index in [-0.39, 0.29) is 0 Å². The minimum atomic E-state index is 0.699. The van der Waals surface area contributed by atoms with Gasteiger partial charge in [-0.25, -0.2) is 0 Å². The largest absolute Gasteiger partial charge is 0.364 e. The lowest BCUT2D eigenvalue weighted by Crippen LogP contribution is -2.32. The van der Waals surface area contributed by atoms with E-state index in [1.165, 1.54) is 5.69 Å². The van der Waals surface area contributed by atoms with E-state index in [4.69, 9.17) is 0 Å². The Hall–Kier alpha value is -0.800. The summed E-state index contributed by atoms with van der Waals surface area (Å²) in [6.07, 6.45) is 1.96. The van der Waals surface area contributed by atoms with Crippen molar-refractivity contribution in [3.8, 4) is 0 Å². The Balaban J connectivity index is 2.22. The van der Waals surface area contributed by atoms with Crippen LogP contribution in [0.2, 0.25) is 0 Å². The lowest BCUT2D eigenvalue weighted by molar-refractivity contribution is 0.352. The molecule has 0 aliphatic heterocycles. The van der Waals surface area contributed by atoms with Crippen LogP contribution >= 0.6 is 0 Å². The van der Waals surface area contributed by atoms with Gasteiger partial charge in [0.2, 0.25) is 0 Å². The average molecular weight is 209 g/mol. The molecule has 1 rings (SSSR count). The maximum Gasteiger partial charge on any atom is 0.0357 e. The SMILES string of the molecule is CNCC(CNCc1ccc[nH]1)C(C)C. The van der Waals surface area contributed by atoms with Gasteiger partial charge in [0.1, 0.15) is 0 Å². The maximum absolute atomic E-state index is 3.48. The van der Waals surface area contributed by atoms with Crippen LogP contribution in [0.5, 0.6) is 0 Å². The Labute approximate surface area is 92.7 Å². The molecule has 3 heteroatoms. The minimum Gasteiger partial charge on any atom is -0.364 e. The lowest BCUT2D eigenvalue weighted by atomic mass is 9.96. The summed E-state index contributed by atoms with van der Waals surface area (Å²) in [6.45, 7) is 7.63. The summed E-state index contributed by atoms with van der Waals surface area (Å²) in [7, 11) is 2.01. The molecule has 0 bridgehead atoms. The van der Waals surface area contributed by atoms with Crippen LogP contribution in [0.1, 0.15) is 19.5 Å². The summed E-state index contributed by atoms with van der Waals surface area (Å²) in [5.74, 6) is 1.42. The molecule has 0 aliphatic rings. The first-order valence-corrected chi connectivity index (χ1v) is 5.71. The van der Waals surface area contributed by atoms with Crippen molar-refractivity contribution >= 4 is 0 Å². The van der Waals surface area contributed by atoms with Gasteiger partial charge in [0.25, 0.3) is 0 Å². The van der Waals surface area contributed by atoms with Gasteiger partial charge in [0.05, 0.1) is 0 Å². The average Bonchev–Trinajstić information content (AvgIpc) is 2.69. The molecule has 1 unspecified atom stereocenters. The minimum absolute atomic E-state index is 0.699. The molecule has 0 saturated carbocycles. The molecular formula is C12H23N3. The van der Waals surface area contributed by atoms with E-state index in [9.17, 15) is 0 Å². The highest BCUT2D eigenvalue weighted by Gasteiger charge is 2.11. The summed E-state index contributed by atoms with van der Waals surface area (Å²) >= 11 is 0. The van der Waals surface area contributed by atoms with E-state index >= 15 is 0 Å². The van der Waals surface area contributed by atoms with Crippen LogP contribution in [0.15, 0.2) is 18.3 Å². The number of aromatic nitrogens is 1. The van der Waals surface area contributed by atoms with E-state index in [2.05, 4.69) is 35.5 Å². The molecule has 0 aromatic carbocycles. The van der Waals surface area contributed by atoms with Gasteiger partial charge in [-0.3, -0.25) is 0 Å². The molecule has 3 N–H and O–H groups in total. The highest BCUT2D eigenvalue weighted by molar-refractivity contribution is 5.02. The Morgan fingerprint density at radius 3 is 2.67 bits per heavy atom. The molecule has 0 amide bonds. The van der Waals surface area contributed by atoms with Crippen molar-refractivity contribution in [1.29, 1.82) is 0 Å². The molecule has 0 radical (unpaired) electrons. The van der Waals surface area contributed by atoms with Crippen LogP contribution in [0, 0.1) is 11.8 Å². The number of nitrogens with one attached hydrogen (secondary N) is 3.